The molecule has 0 bridgehead atoms. The molecule has 1 aromatic rings. The number of amides is 1. The van der Waals surface area contributed by atoms with Crippen molar-refractivity contribution in [2.24, 2.45) is 0 Å². The Morgan fingerprint density at radius 1 is 1.40 bits per heavy atom. The van der Waals surface area contributed by atoms with E-state index in [0.717, 1.165) is 5.69 Å². The molecule has 1 aliphatic rings. The minimum Gasteiger partial charge on any atom is -0.443 e. The Morgan fingerprint density at radius 3 is 2.65 bits per heavy atom. The summed E-state index contributed by atoms with van der Waals surface area (Å²) in [4.78, 5) is 14.0. The summed E-state index contributed by atoms with van der Waals surface area (Å²) in [7, 11) is 0. The van der Waals surface area contributed by atoms with E-state index in [2.05, 4.69) is 5.32 Å². The number of nitrogens with zero attached hydrogens (tertiary/aromatic N) is 1. The van der Waals surface area contributed by atoms with E-state index in [1.54, 1.807) is 11.0 Å². The van der Waals surface area contributed by atoms with Crippen molar-refractivity contribution in [3.05, 3.63) is 23.2 Å². The van der Waals surface area contributed by atoms with E-state index in [1.165, 1.54) is 0 Å². The molecule has 0 aliphatic carbocycles. The average Bonchev–Trinajstić information content (AvgIpc) is 2.24. The van der Waals surface area contributed by atoms with Crippen molar-refractivity contribution in [3.63, 3.8) is 0 Å². The van der Waals surface area contributed by atoms with Gasteiger partial charge in [0.15, 0.2) is 0 Å². The zero-order valence-electron chi connectivity index (χ0n) is 12.6. The van der Waals surface area contributed by atoms with Gasteiger partial charge in [0.1, 0.15) is 5.60 Å². The van der Waals surface area contributed by atoms with Gasteiger partial charge in [-0.1, -0.05) is 17.7 Å². The molecule has 110 valence electrons. The van der Waals surface area contributed by atoms with Gasteiger partial charge in [0, 0.05) is 5.54 Å². The van der Waals surface area contributed by atoms with Gasteiger partial charge in [-0.3, -0.25) is 4.90 Å². The number of carbonyl (C=O) groups is 1. The zero-order chi connectivity index (χ0) is 15.1. The molecule has 0 radical (unpaired) electrons. The van der Waals surface area contributed by atoms with Crippen LogP contribution in [0.3, 0.4) is 0 Å². The molecule has 0 spiro atoms. The summed E-state index contributed by atoms with van der Waals surface area (Å²) in [5.41, 5.74) is 0.754. The highest BCUT2D eigenvalue weighted by Gasteiger charge is 2.36. The molecule has 5 heteroatoms. The maximum absolute atomic E-state index is 12.4. The van der Waals surface area contributed by atoms with Gasteiger partial charge in [-0.15, -0.1) is 0 Å². The molecule has 0 saturated heterocycles. The standard InChI is InChI=1S/C15H21ClN2O2/c1-14(2,3)20-13(19)18-9-15(4,5)17-11-8-6-7-10(16)12(11)18/h6-8,17H,9H2,1-5H3. The highest BCUT2D eigenvalue weighted by Crippen LogP contribution is 2.40. The maximum Gasteiger partial charge on any atom is 0.415 e. The van der Waals surface area contributed by atoms with Crippen molar-refractivity contribution in [1.82, 2.24) is 0 Å². The van der Waals surface area contributed by atoms with Gasteiger partial charge in [0.05, 0.1) is 22.9 Å². The highest BCUT2D eigenvalue weighted by molar-refractivity contribution is 6.34. The number of ether oxygens (including phenoxy) is 1. The maximum atomic E-state index is 12.4. The van der Waals surface area contributed by atoms with E-state index in [4.69, 9.17) is 16.3 Å². The van der Waals surface area contributed by atoms with Crippen LogP contribution in [-0.4, -0.2) is 23.8 Å². The van der Waals surface area contributed by atoms with Crippen molar-refractivity contribution in [3.8, 4) is 0 Å². The topological polar surface area (TPSA) is 41.6 Å². The van der Waals surface area contributed by atoms with Crippen LogP contribution >= 0.6 is 11.6 Å². The Bertz CT molecular complexity index is 535. The second-order valence-electron chi connectivity index (χ2n) is 6.71. The quantitative estimate of drug-likeness (QED) is 0.776. The third-order valence-corrected chi connectivity index (χ3v) is 3.20. The molecule has 1 heterocycles. The number of rotatable bonds is 0. The number of carbonyl (C=O) groups excluding carboxylic acids is 1. The minimum atomic E-state index is -0.534. The molecule has 20 heavy (non-hydrogen) atoms. The number of halogens is 1. The molecule has 0 atom stereocenters. The van der Waals surface area contributed by atoms with Crippen LogP contribution in [-0.2, 0) is 4.74 Å². The Hall–Kier alpha value is -1.42. The van der Waals surface area contributed by atoms with E-state index in [9.17, 15) is 4.79 Å². The van der Waals surface area contributed by atoms with Crippen molar-refractivity contribution in [1.29, 1.82) is 0 Å². The van der Waals surface area contributed by atoms with Crippen LogP contribution < -0.4 is 10.2 Å². The molecule has 0 aromatic heterocycles. The predicted octanol–water partition coefficient (Wildman–Crippen LogP) is 4.29. The second-order valence-corrected chi connectivity index (χ2v) is 7.12. The molecule has 1 N–H and O–H groups in total. The Labute approximate surface area is 125 Å². The fourth-order valence-corrected chi connectivity index (χ4v) is 2.52. The first-order valence-corrected chi connectivity index (χ1v) is 7.04. The number of anilines is 2. The summed E-state index contributed by atoms with van der Waals surface area (Å²) in [6.07, 6.45) is -0.374. The number of hydrogen-bond acceptors (Lipinski definition) is 3. The molecule has 0 fully saturated rings. The van der Waals surface area contributed by atoms with Gasteiger partial charge in [-0.2, -0.15) is 0 Å². The smallest absolute Gasteiger partial charge is 0.415 e. The summed E-state index contributed by atoms with van der Waals surface area (Å²) in [5, 5.41) is 3.93. The van der Waals surface area contributed by atoms with Crippen LogP contribution in [0.1, 0.15) is 34.6 Å². The first-order valence-electron chi connectivity index (χ1n) is 6.66. The molecule has 1 aromatic carbocycles. The molecule has 4 nitrogen and oxygen atoms in total. The Morgan fingerprint density at radius 2 is 2.05 bits per heavy atom. The van der Waals surface area contributed by atoms with E-state index in [0.29, 0.717) is 17.3 Å². The van der Waals surface area contributed by atoms with E-state index in [-0.39, 0.29) is 11.6 Å². The summed E-state index contributed by atoms with van der Waals surface area (Å²) in [6, 6.07) is 5.56. The highest BCUT2D eigenvalue weighted by atomic mass is 35.5. The Kier molecular flexibility index (Phi) is 3.63. The van der Waals surface area contributed by atoms with E-state index >= 15 is 0 Å². The lowest BCUT2D eigenvalue weighted by atomic mass is 9.99. The number of para-hydroxylation sites is 1. The third kappa shape index (κ3) is 3.18. The summed E-state index contributed by atoms with van der Waals surface area (Å²) in [6.45, 7) is 10.1. The molecular formula is C15H21ClN2O2. The van der Waals surface area contributed by atoms with Crippen molar-refractivity contribution in [2.75, 3.05) is 16.8 Å². The van der Waals surface area contributed by atoms with Gasteiger partial charge >= 0.3 is 6.09 Å². The number of hydrogen-bond donors (Lipinski definition) is 1. The summed E-state index contributed by atoms with van der Waals surface area (Å²) >= 11 is 6.26. The van der Waals surface area contributed by atoms with Gasteiger partial charge in [-0.05, 0) is 46.8 Å². The number of benzene rings is 1. The fourth-order valence-electron chi connectivity index (χ4n) is 2.24. The lowest BCUT2D eigenvalue weighted by molar-refractivity contribution is 0.0573. The second kappa shape index (κ2) is 4.85. The summed E-state index contributed by atoms with van der Waals surface area (Å²) in [5.74, 6) is 0. The normalized spacial score (nSPS) is 17.2. The first-order chi connectivity index (χ1) is 9.09. The van der Waals surface area contributed by atoms with Gasteiger partial charge in [0.2, 0.25) is 0 Å². The van der Waals surface area contributed by atoms with Gasteiger partial charge in [-0.25, -0.2) is 4.79 Å². The lowest BCUT2D eigenvalue weighted by Gasteiger charge is -2.41. The molecule has 1 aliphatic heterocycles. The third-order valence-electron chi connectivity index (χ3n) is 2.90. The fraction of sp³-hybridized carbons (Fsp3) is 0.533. The van der Waals surface area contributed by atoms with Crippen LogP contribution in [0, 0.1) is 0 Å². The van der Waals surface area contributed by atoms with Crippen LogP contribution in [0.2, 0.25) is 5.02 Å². The Balaban J connectivity index is 2.41. The van der Waals surface area contributed by atoms with Crippen LogP contribution in [0.5, 0.6) is 0 Å². The van der Waals surface area contributed by atoms with Crippen molar-refractivity contribution >= 4 is 29.1 Å². The van der Waals surface area contributed by atoms with Gasteiger partial charge in [0.25, 0.3) is 0 Å². The van der Waals surface area contributed by atoms with E-state index < -0.39 is 5.60 Å². The molecule has 0 unspecified atom stereocenters. The molecule has 0 saturated carbocycles. The molecule has 1 amide bonds. The van der Waals surface area contributed by atoms with Gasteiger partial charge < -0.3 is 10.1 Å². The first kappa shape index (κ1) is 15.0. The summed E-state index contributed by atoms with van der Waals surface area (Å²) < 4.78 is 5.48. The monoisotopic (exact) mass is 296 g/mol. The van der Waals surface area contributed by atoms with Crippen LogP contribution in [0.4, 0.5) is 16.2 Å². The largest absolute Gasteiger partial charge is 0.443 e. The van der Waals surface area contributed by atoms with Crippen molar-refractivity contribution in [2.45, 2.75) is 45.8 Å². The lowest BCUT2D eigenvalue weighted by Crippen LogP contribution is -2.52. The molecular weight excluding hydrogens is 276 g/mol. The SMILES string of the molecule is CC1(C)CN(C(=O)OC(C)(C)C)c2c(Cl)cccc2N1. The van der Waals surface area contributed by atoms with Crippen LogP contribution in [0.15, 0.2) is 18.2 Å². The predicted molar refractivity (Wildman–Crippen MR) is 82.7 cm³/mol. The number of fused-ring (bicyclic) bond motifs is 1. The van der Waals surface area contributed by atoms with Crippen molar-refractivity contribution < 1.29 is 9.53 Å². The number of nitrogens with one attached hydrogen (secondary N) is 1. The van der Waals surface area contributed by atoms with Crippen LogP contribution in [0.25, 0.3) is 0 Å². The van der Waals surface area contributed by atoms with E-state index in [1.807, 2.05) is 46.8 Å². The average molecular weight is 297 g/mol. The zero-order valence-corrected chi connectivity index (χ0v) is 13.3. The minimum absolute atomic E-state index is 0.241. The molecule has 2 rings (SSSR count).